The first-order valence-corrected chi connectivity index (χ1v) is 8.23. The predicted octanol–water partition coefficient (Wildman–Crippen LogP) is 2.03. The third-order valence-electron chi connectivity index (χ3n) is 5.03. The number of rotatable bonds is 1. The van der Waals surface area contributed by atoms with Gasteiger partial charge < -0.3 is 9.32 Å². The van der Waals surface area contributed by atoms with Crippen LogP contribution in [0.15, 0.2) is 35.1 Å². The summed E-state index contributed by atoms with van der Waals surface area (Å²) in [6.45, 7) is 4.93. The van der Waals surface area contributed by atoms with E-state index in [2.05, 4.69) is 34.1 Å². The number of oxazole rings is 1. The Hall–Kier alpha value is -2.14. The number of aromatic nitrogens is 1. The van der Waals surface area contributed by atoms with Gasteiger partial charge in [0.15, 0.2) is 6.39 Å². The summed E-state index contributed by atoms with van der Waals surface area (Å²) >= 11 is 0. The van der Waals surface area contributed by atoms with Crippen LogP contribution in [0.1, 0.15) is 35.5 Å². The molecule has 1 aliphatic heterocycles. The van der Waals surface area contributed by atoms with Crippen molar-refractivity contribution in [3.8, 4) is 0 Å². The fourth-order valence-corrected chi connectivity index (χ4v) is 3.78. The molecule has 0 radical (unpaired) electrons. The summed E-state index contributed by atoms with van der Waals surface area (Å²) in [6, 6.07) is 8.75. The molecule has 0 saturated carbocycles. The van der Waals surface area contributed by atoms with Gasteiger partial charge in [0.25, 0.3) is 0 Å². The number of amides is 1. The van der Waals surface area contributed by atoms with E-state index < -0.39 is 0 Å². The zero-order valence-corrected chi connectivity index (χ0v) is 13.4. The summed E-state index contributed by atoms with van der Waals surface area (Å²) in [5, 5.41) is 0. The molecule has 5 nitrogen and oxygen atoms in total. The van der Waals surface area contributed by atoms with Crippen LogP contribution in [-0.4, -0.2) is 46.9 Å². The maximum atomic E-state index is 11.6. The van der Waals surface area contributed by atoms with Crippen molar-refractivity contribution >= 4 is 5.91 Å². The average Bonchev–Trinajstić information content (AvgIpc) is 2.97. The van der Waals surface area contributed by atoms with Gasteiger partial charge in [-0.3, -0.25) is 9.69 Å². The Bertz CT molecular complexity index is 717. The predicted molar refractivity (Wildman–Crippen MR) is 86.0 cm³/mol. The molecule has 1 fully saturated rings. The lowest BCUT2D eigenvalue weighted by atomic mass is 9.97. The van der Waals surface area contributed by atoms with Gasteiger partial charge in [-0.05, 0) is 17.5 Å². The van der Waals surface area contributed by atoms with Crippen LogP contribution in [0.3, 0.4) is 0 Å². The number of aryl methyl sites for hydroxylation is 2. The summed E-state index contributed by atoms with van der Waals surface area (Å²) < 4.78 is 5.65. The fraction of sp³-hybridized carbons (Fsp3) is 0.444. The molecule has 2 aromatic rings. The number of hydrogen-bond donors (Lipinski definition) is 0. The van der Waals surface area contributed by atoms with E-state index in [4.69, 9.17) is 4.42 Å². The highest BCUT2D eigenvalue weighted by molar-refractivity contribution is 5.73. The number of hydrogen-bond acceptors (Lipinski definition) is 4. The average molecular weight is 311 g/mol. The Morgan fingerprint density at radius 3 is 2.74 bits per heavy atom. The van der Waals surface area contributed by atoms with Crippen molar-refractivity contribution < 1.29 is 9.21 Å². The minimum atomic E-state index is 0.136. The van der Waals surface area contributed by atoms with E-state index in [1.807, 2.05) is 4.90 Å². The highest BCUT2D eigenvalue weighted by Gasteiger charge is 2.33. The van der Waals surface area contributed by atoms with Gasteiger partial charge in [0.1, 0.15) is 11.5 Å². The summed E-state index contributed by atoms with van der Waals surface area (Å²) in [7, 11) is 0. The molecule has 5 heteroatoms. The number of nitrogens with zero attached hydrogens (tertiary/aromatic N) is 3. The van der Waals surface area contributed by atoms with E-state index in [0.717, 1.165) is 50.5 Å². The lowest BCUT2D eigenvalue weighted by Crippen LogP contribution is -2.49. The van der Waals surface area contributed by atoms with Crippen molar-refractivity contribution in [2.45, 2.75) is 25.8 Å². The van der Waals surface area contributed by atoms with Gasteiger partial charge in [-0.15, -0.1) is 0 Å². The zero-order chi connectivity index (χ0) is 15.8. The first-order chi connectivity index (χ1) is 11.2. The van der Waals surface area contributed by atoms with Crippen LogP contribution in [0.4, 0.5) is 0 Å². The molecular formula is C18H21N3O2. The molecule has 1 amide bonds. The Morgan fingerprint density at radius 2 is 1.96 bits per heavy atom. The minimum absolute atomic E-state index is 0.136. The molecule has 0 bridgehead atoms. The van der Waals surface area contributed by atoms with E-state index in [0.29, 0.717) is 0 Å². The molecule has 1 atom stereocenters. The number of piperazine rings is 1. The number of carbonyl (C=O) groups is 1. The third-order valence-corrected chi connectivity index (χ3v) is 5.03. The highest BCUT2D eigenvalue weighted by Crippen LogP contribution is 2.36. The highest BCUT2D eigenvalue weighted by atomic mass is 16.3. The molecule has 120 valence electrons. The molecule has 1 aliphatic carbocycles. The summed E-state index contributed by atoms with van der Waals surface area (Å²) in [4.78, 5) is 20.5. The SMILES string of the molecule is CC(=O)N1CCN(C2c3ccccc3CCc3ocnc32)CC1. The second-order valence-corrected chi connectivity index (χ2v) is 6.30. The van der Waals surface area contributed by atoms with Gasteiger partial charge in [-0.1, -0.05) is 24.3 Å². The Balaban J connectivity index is 1.70. The Kier molecular flexibility index (Phi) is 3.65. The smallest absolute Gasteiger partial charge is 0.219 e. The van der Waals surface area contributed by atoms with Gasteiger partial charge in [-0.25, -0.2) is 4.98 Å². The second-order valence-electron chi connectivity index (χ2n) is 6.30. The summed E-state index contributed by atoms with van der Waals surface area (Å²) in [6.07, 6.45) is 3.45. The first-order valence-electron chi connectivity index (χ1n) is 8.23. The first kappa shape index (κ1) is 14.5. The van der Waals surface area contributed by atoms with Crippen LogP contribution < -0.4 is 0 Å². The van der Waals surface area contributed by atoms with E-state index in [1.54, 1.807) is 13.3 Å². The molecule has 1 aromatic heterocycles. The van der Waals surface area contributed by atoms with Crippen molar-refractivity contribution in [2.24, 2.45) is 0 Å². The van der Waals surface area contributed by atoms with Crippen molar-refractivity contribution in [3.05, 3.63) is 53.2 Å². The molecule has 2 heterocycles. The molecule has 23 heavy (non-hydrogen) atoms. The van der Waals surface area contributed by atoms with Crippen molar-refractivity contribution in [3.63, 3.8) is 0 Å². The summed E-state index contributed by atoms with van der Waals surface area (Å²) in [5.74, 6) is 1.16. The molecule has 1 unspecified atom stereocenters. The van der Waals surface area contributed by atoms with Crippen LogP contribution in [-0.2, 0) is 17.6 Å². The summed E-state index contributed by atoms with van der Waals surface area (Å²) in [5.41, 5.74) is 3.75. The molecule has 1 saturated heterocycles. The molecule has 2 aliphatic rings. The Morgan fingerprint density at radius 1 is 1.17 bits per heavy atom. The van der Waals surface area contributed by atoms with E-state index >= 15 is 0 Å². The van der Waals surface area contributed by atoms with E-state index in [1.165, 1.54) is 11.1 Å². The molecular weight excluding hydrogens is 290 g/mol. The van der Waals surface area contributed by atoms with Crippen LogP contribution in [0.2, 0.25) is 0 Å². The molecule has 1 aromatic carbocycles. The molecule has 4 rings (SSSR count). The van der Waals surface area contributed by atoms with Crippen molar-refractivity contribution in [2.75, 3.05) is 26.2 Å². The topological polar surface area (TPSA) is 49.6 Å². The van der Waals surface area contributed by atoms with Crippen molar-refractivity contribution in [1.29, 1.82) is 0 Å². The number of fused-ring (bicyclic) bond motifs is 2. The molecule has 0 N–H and O–H groups in total. The normalized spacial score (nSPS) is 21.4. The lowest BCUT2D eigenvalue weighted by molar-refractivity contribution is -0.130. The second kappa shape index (κ2) is 5.81. The Labute approximate surface area is 135 Å². The lowest BCUT2D eigenvalue weighted by Gasteiger charge is -2.38. The number of carbonyl (C=O) groups excluding carboxylic acids is 1. The van der Waals surface area contributed by atoms with E-state index in [9.17, 15) is 4.79 Å². The molecule has 0 spiro atoms. The van der Waals surface area contributed by atoms with Crippen LogP contribution in [0.25, 0.3) is 0 Å². The zero-order valence-electron chi connectivity index (χ0n) is 13.4. The largest absolute Gasteiger partial charge is 0.448 e. The third kappa shape index (κ3) is 2.55. The maximum Gasteiger partial charge on any atom is 0.219 e. The van der Waals surface area contributed by atoms with Crippen LogP contribution in [0.5, 0.6) is 0 Å². The standard InChI is InChI=1S/C18H21N3O2/c1-13(22)20-8-10-21(11-9-20)18-15-5-3-2-4-14(15)6-7-16-17(18)19-12-23-16/h2-5,12,18H,6-11H2,1H3. The van der Waals surface area contributed by atoms with Crippen LogP contribution >= 0.6 is 0 Å². The fourth-order valence-electron chi connectivity index (χ4n) is 3.78. The van der Waals surface area contributed by atoms with Crippen molar-refractivity contribution in [1.82, 2.24) is 14.8 Å². The maximum absolute atomic E-state index is 11.6. The van der Waals surface area contributed by atoms with Gasteiger partial charge in [0.2, 0.25) is 5.91 Å². The van der Waals surface area contributed by atoms with Gasteiger partial charge in [-0.2, -0.15) is 0 Å². The quantitative estimate of drug-likeness (QED) is 0.808. The van der Waals surface area contributed by atoms with Gasteiger partial charge >= 0.3 is 0 Å². The van der Waals surface area contributed by atoms with Gasteiger partial charge in [0, 0.05) is 39.5 Å². The van der Waals surface area contributed by atoms with E-state index in [-0.39, 0.29) is 11.9 Å². The van der Waals surface area contributed by atoms with Gasteiger partial charge in [0.05, 0.1) is 6.04 Å². The number of benzene rings is 1. The minimum Gasteiger partial charge on any atom is -0.448 e. The monoisotopic (exact) mass is 311 g/mol. The van der Waals surface area contributed by atoms with Crippen LogP contribution in [0, 0.1) is 0 Å².